The van der Waals surface area contributed by atoms with E-state index in [2.05, 4.69) is 16.0 Å². The second kappa shape index (κ2) is 18.0. The van der Waals surface area contributed by atoms with Crippen LogP contribution < -0.4 is 16.0 Å². The van der Waals surface area contributed by atoms with Crippen LogP contribution in [0.3, 0.4) is 0 Å². The highest BCUT2D eigenvalue weighted by molar-refractivity contribution is 8.00. The fourth-order valence-electron chi connectivity index (χ4n) is 5.44. The topological polar surface area (TPSA) is 114 Å². The van der Waals surface area contributed by atoms with Crippen LogP contribution in [0.15, 0.2) is 155 Å². The van der Waals surface area contributed by atoms with Crippen LogP contribution in [0.1, 0.15) is 44.0 Å². The number of esters is 1. The molecular formula is C43H34FN3O5S2. The van der Waals surface area contributed by atoms with Crippen molar-refractivity contribution in [3.63, 3.8) is 0 Å². The molecule has 3 N–H and O–H groups in total. The molecule has 3 amide bonds. The van der Waals surface area contributed by atoms with Gasteiger partial charge in [0.15, 0.2) is 0 Å². The average Bonchev–Trinajstić information content (AvgIpc) is 3.62. The molecule has 6 rings (SSSR count). The molecule has 0 aliphatic carbocycles. The summed E-state index contributed by atoms with van der Waals surface area (Å²) in [5.41, 5.74) is 3.11. The van der Waals surface area contributed by atoms with Gasteiger partial charge in [-0.25, -0.2) is 9.18 Å². The Morgan fingerprint density at radius 1 is 0.796 bits per heavy atom. The molecular weight excluding hydrogens is 722 g/mol. The molecule has 0 saturated carbocycles. The van der Waals surface area contributed by atoms with Gasteiger partial charge in [0, 0.05) is 32.7 Å². The van der Waals surface area contributed by atoms with E-state index in [9.17, 15) is 23.6 Å². The predicted octanol–water partition coefficient (Wildman–Crippen LogP) is 9.61. The minimum atomic E-state index is -0.767. The van der Waals surface area contributed by atoms with Crippen molar-refractivity contribution in [3.05, 3.63) is 179 Å². The molecule has 1 atom stereocenters. The lowest BCUT2D eigenvalue weighted by molar-refractivity contribution is -0.116. The predicted molar refractivity (Wildman–Crippen MR) is 213 cm³/mol. The van der Waals surface area contributed by atoms with Crippen molar-refractivity contribution in [3.8, 4) is 11.1 Å². The first-order valence-corrected chi connectivity index (χ1v) is 18.7. The Labute approximate surface area is 320 Å². The monoisotopic (exact) mass is 755 g/mol. The summed E-state index contributed by atoms with van der Waals surface area (Å²) >= 11 is 2.49. The minimum Gasteiger partial charge on any atom is -0.462 e. The molecule has 1 aromatic heterocycles. The summed E-state index contributed by atoms with van der Waals surface area (Å²) < 4.78 is 20.0. The van der Waals surface area contributed by atoms with Gasteiger partial charge in [-0.15, -0.1) is 23.1 Å². The average molecular weight is 756 g/mol. The number of ether oxygens (including phenoxy) is 1. The molecule has 8 nitrogen and oxygen atoms in total. The second-order valence-electron chi connectivity index (χ2n) is 11.7. The van der Waals surface area contributed by atoms with Crippen molar-refractivity contribution in [1.29, 1.82) is 0 Å². The van der Waals surface area contributed by atoms with Gasteiger partial charge in [0.1, 0.15) is 27.3 Å². The third-order valence-corrected chi connectivity index (χ3v) is 10.2. The number of thiophene rings is 1. The number of thioether (sulfide) groups is 1. The number of benzene rings is 5. The minimum absolute atomic E-state index is 0.116. The van der Waals surface area contributed by atoms with Gasteiger partial charge in [0.05, 0.1) is 6.61 Å². The zero-order valence-corrected chi connectivity index (χ0v) is 30.6. The van der Waals surface area contributed by atoms with E-state index in [1.54, 1.807) is 67.6 Å². The Bertz CT molecular complexity index is 2300. The normalized spacial score (nSPS) is 11.6. The van der Waals surface area contributed by atoms with Gasteiger partial charge in [0.2, 0.25) is 5.91 Å². The van der Waals surface area contributed by atoms with E-state index in [1.807, 2.05) is 66.0 Å². The molecule has 270 valence electrons. The van der Waals surface area contributed by atoms with Crippen molar-refractivity contribution < 1.29 is 28.3 Å². The van der Waals surface area contributed by atoms with Crippen LogP contribution in [0, 0.1) is 5.82 Å². The molecule has 0 saturated heterocycles. The smallest absolute Gasteiger partial charge is 0.341 e. The highest BCUT2D eigenvalue weighted by atomic mass is 32.2. The van der Waals surface area contributed by atoms with Gasteiger partial charge in [-0.2, -0.15) is 0 Å². The van der Waals surface area contributed by atoms with Crippen molar-refractivity contribution in [2.45, 2.75) is 17.1 Å². The maximum Gasteiger partial charge on any atom is 0.341 e. The van der Waals surface area contributed by atoms with Crippen LogP contribution in [0.4, 0.5) is 15.1 Å². The van der Waals surface area contributed by atoms with Gasteiger partial charge in [-0.05, 0) is 60.5 Å². The van der Waals surface area contributed by atoms with Crippen molar-refractivity contribution in [2.24, 2.45) is 0 Å². The summed E-state index contributed by atoms with van der Waals surface area (Å²) in [5, 5.41) is 9.84. The molecule has 6 aromatic rings. The van der Waals surface area contributed by atoms with E-state index in [4.69, 9.17) is 4.74 Å². The summed E-state index contributed by atoms with van der Waals surface area (Å²) in [6.07, 6.45) is 1.28. The highest BCUT2D eigenvalue weighted by Gasteiger charge is 2.27. The standard InChI is InChI=1S/C43H34FN3O5S2/c1-2-52-43(51)37-34(28-15-6-3-7-16-28)27-53-42(37)47-41(50)38(29-17-8-4-9-18-29)54-33-23-14-22-32(26-33)45-40(49)36(25-31-21-12-13-24-35(31)44)46-39(48)30-19-10-5-11-20-30/h3-27,38H,2H2,1H3,(H,45,49)(H,46,48)(H,47,50)/b36-25-. The largest absolute Gasteiger partial charge is 0.462 e. The van der Waals surface area contributed by atoms with Crippen molar-refractivity contribution in [1.82, 2.24) is 5.32 Å². The maximum absolute atomic E-state index is 14.6. The molecule has 0 aliphatic rings. The van der Waals surface area contributed by atoms with Crippen LogP contribution >= 0.6 is 23.1 Å². The number of anilines is 2. The molecule has 0 spiro atoms. The van der Waals surface area contributed by atoms with E-state index < -0.39 is 28.9 Å². The quantitative estimate of drug-likeness (QED) is 0.0615. The molecule has 0 bridgehead atoms. The number of carbonyl (C=O) groups excluding carboxylic acids is 4. The van der Waals surface area contributed by atoms with Gasteiger partial charge in [-0.1, -0.05) is 103 Å². The SMILES string of the molecule is CCOC(=O)c1c(-c2ccccc2)csc1NC(=O)C(Sc1cccc(NC(=O)/C(=C/c2ccccc2F)NC(=O)c2ccccc2)c1)c1ccccc1. The fraction of sp³-hybridized carbons (Fsp3) is 0.0698. The van der Waals surface area contributed by atoms with Crippen LogP contribution in [-0.2, 0) is 14.3 Å². The number of hydrogen-bond acceptors (Lipinski definition) is 7. The molecule has 11 heteroatoms. The van der Waals surface area contributed by atoms with Gasteiger partial charge in [-0.3, -0.25) is 14.4 Å². The van der Waals surface area contributed by atoms with E-state index in [0.717, 1.165) is 5.56 Å². The molecule has 0 radical (unpaired) electrons. The van der Waals surface area contributed by atoms with E-state index in [1.165, 1.54) is 47.4 Å². The van der Waals surface area contributed by atoms with Gasteiger partial charge >= 0.3 is 5.97 Å². The van der Waals surface area contributed by atoms with Crippen molar-refractivity contribution >= 4 is 63.6 Å². The third-order valence-electron chi connectivity index (χ3n) is 8.01. The van der Waals surface area contributed by atoms with Crippen LogP contribution in [0.2, 0.25) is 0 Å². The zero-order chi connectivity index (χ0) is 37.9. The molecule has 0 aliphatic heterocycles. The Morgan fingerprint density at radius 2 is 1.46 bits per heavy atom. The Balaban J connectivity index is 1.26. The number of hydrogen-bond donors (Lipinski definition) is 3. The van der Waals surface area contributed by atoms with Crippen LogP contribution in [0.5, 0.6) is 0 Å². The highest BCUT2D eigenvalue weighted by Crippen LogP contribution is 2.40. The zero-order valence-electron chi connectivity index (χ0n) is 29.0. The van der Waals surface area contributed by atoms with Crippen LogP contribution in [-0.4, -0.2) is 30.3 Å². The third kappa shape index (κ3) is 9.37. The first-order chi connectivity index (χ1) is 26.3. The molecule has 54 heavy (non-hydrogen) atoms. The lowest BCUT2D eigenvalue weighted by Crippen LogP contribution is -2.30. The molecule has 0 fully saturated rings. The van der Waals surface area contributed by atoms with Crippen molar-refractivity contribution in [2.75, 3.05) is 17.2 Å². The van der Waals surface area contributed by atoms with Crippen LogP contribution in [0.25, 0.3) is 17.2 Å². The summed E-state index contributed by atoms with van der Waals surface area (Å²) in [6.45, 7) is 1.90. The Morgan fingerprint density at radius 3 is 2.17 bits per heavy atom. The number of nitrogens with one attached hydrogen (secondary N) is 3. The number of amides is 3. The van der Waals surface area contributed by atoms with E-state index in [0.29, 0.717) is 32.3 Å². The lowest BCUT2D eigenvalue weighted by atomic mass is 10.0. The molecule has 1 unspecified atom stereocenters. The second-order valence-corrected chi connectivity index (χ2v) is 13.8. The Hall–Kier alpha value is -6.30. The van der Waals surface area contributed by atoms with Gasteiger partial charge < -0.3 is 20.7 Å². The van der Waals surface area contributed by atoms with Gasteiger partial charge in [0.25, 0.3) is 11.8 Å². The van der Waals surface area contributed by atoms with E-state index in [-0.39, 0.29) is 29.3 Å². The summed E-state index contributed by atoms with van der Waals surface area (Å²) in [4.78, 5) is 54.7. The number of rotatable bonds is 13. The Kier molecular flexibility index (Phi) is 12.5. The lowest BCUT2D eigenvalue weighted by Gasteiger charge is -2.18. The first kappa shape index (κ1) is 37.5. The number of carbonyl (C=O) groups is 4. The van der Waals surface area contributed by atoms with E-state index >= 15 is 0 Å². The molecule has 1 heterocycles. The summed E-state index contributed by atoms with van der Waals surface area (Å²) in [6, 6.07) is 39.8. The summed E-state index contributed by atoms with van der Waals surface area (Å²) in [5.74, 6) is -2.69. The number of halogens is 1. The first-order valence-electron chi connectivity index (χ1n) is 16.9. The summed E-state index contributed by atoms with van der Waals surface area (Å²) in [7, 11) is 0. The maximum atomic E-state index is 14.6. The fourth-order valence-corrected chi connectivity index (χ4v) is 7.48. The molecule has 5 aromatic carbocycles.